The second-order valence-electron chi connectivity index (χ2n) is 8.24. The van der Waals surface area contributed by atoms with Gasteiger partial charge in [0.2, 0.25) is 0 Å². The van der Waals surface area contributed by atoms with Crippen LogP contribution in [0.4, 0.5) is 0 Å². The van der Waals surface area contributed by atoms with Gasteiger partial charge in [-0.2, -0.15) is 0 Å². The van der Waals surface area contributed by atoms with E-state index in [9.17, 15) is 0 Å². The molecule has 5 aliphatic carbocycles. The van der Waals surface area contributed by atoms with E-state index in [1.165, 1.54) is 59.7 Å². The molecule has 4 atom stereocenters. The molecule has 0 saturated heterocycles. The van der Waals surface area contributed by atoms with E-state index in [-0.39, 0.29) is 0 Å². The van der Waals surface area contributed by atoms with Crippen molar-refractivity contribution >= 4 is 15.9 Å². The first kappa shape index (κ1) is 11.3. The fraction of sp³-hybridized carbons (Fsp3) is 0.684. The monoisotopic (exact) mass is 328 g/mol. The molecule has 0 N–H and O–H groups in total. The molecule has 5 aliphatic rings. The number of fused-ring (bicyclic) bond motifs is 6. The van der Waals surface area contributed by atoms with E-state index in [0.717, 1.165) is 17.3 Å². The lowest BCUT2D eigenvalue weighted by Gasteiger charge is -2.32. The molecular weight excluding hydrogens is 308 g/mol. The van der Waals surface area contributed by atoms with Crippen molar-refractivity contribution in [2.75, 3.05) is 0 Å². The molecule has 1 aromatic carbocycles. The van der Waals surface area contributed by atoms with Crippen LogP contribution in [0, 0.1) is 40.9 Å². The molecule has 4 unspecified atom stereocenters. The Balaban J connectivity index is 1.09. The van der Waals surface area contributed by atoms with E-state index in [1.54, 1.807) is 12.0 Å². The van der Waals surface area contributed by atoms with Gasteiger partial charge in [0, 0.05) is 4.47 Å². The number of hydrogen-bond donors (Lipinski definition) is 0. The zero-order valence-electron chi connectivity index (χ0n) is 11.8. The summed E-state index contributed by atoms with van der Waals surface area (Å²) < 4.78 is 1.21. The second-order valence-corrected chi connectivity index (χ2v) is 9.16. The van der Waals surface area contributed by atoms with Gasteiger partial charge in [0.1, 0.15) is 0 Å². The quantitative estimate of drug-likeness (QED) is 0.696. The summed E-state index contributed by atoms with van der Waals surface area (Å²) in [5.74, 6) is 8.18. The van der Waals surface area contributed by atoms with Crippen LogP contribution in [0.5, 0.6) is 0 Å². The van der Waals surface area contributed by atoms with Crippen molar-refractivity contribution in [3.8, 4) is 0 Å². The summed E-state index contributed by atoms with van der Waals surface area (Å²) in [6.07, 6.45) is 7.55. The van der Waals surface area contributed by atoms with Crippen molar-refractivity contribution in [2.45, 2.75) is 38.0 Å². The molecule has 0 aliphatic heterocycles. The number of rotatable bonds is 2. The Morgan fingerprint density at radius 1 is 0.900 bits per heavy atom. The summed E-state index contributed by atoms with van der Waals surface area (Å²) in [7, 11) is 0. The van der Waals surface area contributed by atoms with Crippen molar-refractivity contribution in [1.29, 1.82) is 0 Å². The summed E-state index contributed by atoms with van der Waals surface area (Å²) in [5.41, 5.74) is 2.61. The van der Waals surface area contributed by atoms with Crippen LogP contribution in [-0.4, -0.2) is 0 Å². The number of benzene rings is 1. The molecule has 6 rings (SSSR count). The van der Waals surface area contributed by atoms with Crippen LogP contribution in [0.25, 0.3) is 0 Å². The van der Waals surface area contributed by atoms with Gasteiger partial charge in [0.15, 0.2) is 0 Å². The summed E-state index contributed by atoms with van der Waals surface area (Å²) in [4.78, 5) is 0. The van der Waals surface area contributed by atoms with Gasteiger partial charge in [-0.25, -0.2) is 0 Å². The molecule has 0 amide bonds. The lowest BCUT2D eigenvalue weighted by Crippen LogP contribution is -2.22. The highest BCUT2D eigenvalue weighted by molar-refractivity contribution is 9.10. The first-order valence-electron chi connectivity index (χ1n) is 8.57. The van der Waals surface area contributed by atoms with Crippen molar-refractivity contribution in [3.05, 3.63) is 34.3 Å². The molecule has 1 heteroatoms. The highest BCUT2D eigenvalue weighted by Gasteiger charge is 3.01. The molecule has 0 radical (unpaired) electrons. The Morgan fingerprint density at radius 3 is 2.10 bits per heavy atom. The first-order valence-corrected chi connectivity index (χ1v) is 9.36. The van der Waals surface area contributed by atoms with Crippen LogP contribution in [0.15, 0.2) is 28.7 Å². The van der Waals surface area contributed by atoms with Crippen LogP contribution in [-0.2, 0) is 0 Å². The fourth-order valence-electron chi connectivity index (χ4n) is 6.55. The normalized spacial score (nSPS) is 57.0. The minimum absolute atomic E-state index is 0.845. The predicted octanol–water partition coefficient (Wildman–Crippen LogP) is 5.23. The van der Waals surface area contributed by atoms with Crippen LogP contribution in [0.1, 0.15) is 43.6 Å². The maximum Gasteiger partial charge on any atom is 0.0175 e. The lowest BCUT2D eigenvalue weighted by molar-refractivity contribution is 0.210. The van der Waals surface area contributed by atoms with Gasteiger partial charge in [-0.15, -0.1) is 0 Å². The van der Waals surface area contributed by atoms with E-state index in [1.807, 2.05) is 0 Å². The van der Waals surface area contributed by atoms with Gasteiger partial charge in [0.25, 0.3) is 0 Å². The zero-order valence-corrected chi connectivity index (χ0v) is 13.4. The van der Waals surface area contributed by atoms with Crippen molar-refractivity contribution in [3.63, 3.8) is 0 Å². The Kier molecular flexibility index (Phi) is 1.90. The molecule has 5 fully saturated rings. The Bertz CT molecular complexity index is 560. The number of halogens is 1. The third-order valence-electron chi connectivity index (χ3n) is 7.74. The minimum Gasteiger partial charge on any atom is -0.0576 e. The third kappa shape index (κ3) is 1.22. The Labute approximate surface area is 129 Å². The molecule has 104 valence electrons. The Morgan fingerprint density at radius 2 is 1.55 bits per heavy atom. The van der Waals surface area contributed by atoms with Crippen molar-refractivity contribution in [2.24, 2.45) is 40.9 Å². The highest BCUT2D eigenvalue weighted by atomic mass is 79.9. The topological polar surface area (TPSA) is 0 Å². The summed E-state index contributed by atoms with van der Waals surface area (Å²) in [6.45, 7) is 0. The standard InChI is InChI=1S/C19H21Br/c20-13-7-5-11(6-8-13)10-1-3-12(4-2-10)16-17-18(16)19(17)14-9-15(14)19/h5-8,10,12,14-18H,1-4,9H2. The van der Waals surface area contributed by atoms with E-state index in [4.69, 9.17) is 0 Å². The average molecular weight is 329 g/mol. The predicted molar refractivity (Wildman–Crippen MR) is 83.3 cm³/mol. The smallest absolute Gasteiger partial charge is 0.0175 e. The molecule has 0 bridgehead atoms. The highest BCUT2D eigenvalue weighted by Crippen LogP contribution is 3.05. The molecule has 5 saturated carbocycles. The average Bonchev–Trinajstić information content (AvgIpc) is 3.31. The van der Waals surface area contributed by atoms with Crippen molar-refractivity contribution < 1.29 is 0 Å². The molecule has 0 heterocycles. The van der Waals surface area contributed by atoms with Crippen LogP contribution < -0.4 is 0 Å². The summed E-state index contributed by atoms with van der Waals surface area (Å²) in [5, 5.41) is 0. The SMILES string of the molecule is Brc1ccc(C2CCC(C3C4C3C43C4CC43)CC2)cc1. The first-order chi connectivity index (χ1) is 9.81. The summed E-state index contributed by atoms with van der Waals surface area (Å²) in [6, 6.07) is 9.08. The van der Waals surface area contributed by atoms with Crippen LogP contribution in [0.3, 0.4) is 0 Å². The molecule has 0 aromatic heterocycles. The van der Waals surface area contributed by atoms with Gasteiger partial charge in [-0.3, -0.25) is 0 Å². The van der Waals surface area contributed by atoms with Crippen molar-refractivity contribution in [1.82, 2.24) is 0 Å². The van der Waals surface area contributed by atoms with Crippen LogP contribution in [0.2, 0.25) is 0 Å². The molecular formula is C19H21Br. The van der Waals surface area contributed by atoms with E-state index < -0.39 is 0 Å². The van der Waals surface area contributed by atoms with Crippen LogP contribution >= 0.6 is 15.9 Å². The van der Waals surface area contributed by atoms with Gasteiger partial charge in [-0.1, -0.05) is 28.1 Å². The van der Waals surface area contributed by atoms with Gasteiger partial charge in [0.05, 0.1) is 0 Å². The van der Waals surface area contributed by atoms with E-state index in [0.29, 0.717) is 0 Å². The summed E-state index contributed by atoms with van der Waals surface area (Å²) >= 11 is 3.54. The third-order valence-corrected chi connectivity index (χ3v) is 8.27. The maximum atomic E-state index is 3.54. The van der Waals surface area contributed by atoms with E-state index in [2.05, 4.69) is 40.2 Å². The lowest BCUT2D eigenvalue weighted by atomic mass is 9.73. The molecule has 1 aromatic rings. The van der Waals surface area contributed by atoms with E-state index >= 15 is 0 Å². The fourth-order valence-corrected chi connectivity index (χ4v) is 6.81. The van der Waals surface area contributed by atoms with Gasteiger partial charge < -0.3 is 0 Å². The molecule has 0 nitrogen and oxygen atoms in total. The largest absolute Gasteiger partial charge is 0.0576 e. The minimum atomic E-state index is 0.845. The molecule has 20 heavy (non-hydrogen) atoms. The maximum absolute atomic E-state index is 3.54. The Hall–Kier alpha value is -0.300. The van der Waals surface area contributed by atoms with Gasteiger partial charge >= 0.3 is 0 Å². The second kappa shape index (κ2) is 3.37. The zero-order chi connectivity index (χ0) is 13.1. The van der Waals surface area contributed by atoms with Gasteiger partial charge in [-0.05, 0) is 96.6 Å². The molecule has 1 spiro atoms. The number of hydrogen-bond acceptors (Lipinski definition) is 0.